The molecule has 20 heavy (non-hydrogen) atoms. The fourth-order valence-corrected chi connectivity index (χ4v) is 3.79. The van der Waals surface area contributed by atoms with Gasteiger partial charge >= 0.3 is 0 Å². The molecule has 0 spiro atoms. The predicted molar refractivity (Wildman–Crippen MR) is 82.7 cm³/mol. The van der Waals surface area contributed by atoms with E-state index >= 15 is 0 Å². The van der Waals surface area contributed by atoms with Crippen LogP contribution in [0.4, 0.5) is 0 Å². The molecule has 1 aliphatic carbocycles. The average Bonchev–Trinajstić information content (AvgIpc) is 2.84. The number of rotatable bonds is 4. The molecule has 0 aromatic carbocycles. The van der Waals surface area contributed by atoms with Crippen molar-refractivity contribution in [2.75, 3.05) is 27.2 Å². The zero-order valence-corrected chi connectivity index (χ0v) is 13.6. The molecule has 1 saturated heterocycles. The largest absolute Gasteiger partial charge is 0.341 e. The first kappa shape index (κ1) is 15.8. The highest BCUT2D eigenvalue weighted by molar-refractivity contribution is 5.79. The normalized spacial score (nSPS) is 31.8. The van der Waals surface area contributed by atoms with Gasteiger partial charge in [0.2, 0.25) is 5.91 Å². The highest BCUT2D eigenvalue weighted by Gasteiger charge is 2.35. The maximum atomic E-state index is 12.7. The van der Waals surface area contributed by atoms with Crippen molar-refractivity contribution in [2.45, 2.75) is 64.1 Å². The Bertz CT molecular complexity index is 332. The highest BCUT2D eigenvalue weighted by Crippen LogP contribution is 2.26. The van der Waals surface area contributed by atoms with Crippen LogP contribution in [-0.4, -0.2) is 61.0 Å². The van der Waals surface area contributed by atoms with E-state index in [-0.39, 0.29) is 5.92 Å². The molecule has 1 saturated carbocycles. The number of hydrogen-bond donors (Lipinski definition) is 1. The maximum absolute atomic E-state index is 12.7. The van der Waals surface area contributed by atoms with E-state index in [1.165, 1.54) is 19.3 Å². The Morgan fingerprint density at radius 1 is 1.25 bits per heavy atom. The smallest absolute Gasteiger partial charge is 0.227 e. The van der Waals surface area contributed by atoms with Crippen molar-refractivity contribution in [3.05, 3.63) is 0 Å². The number of hydrogen-bond acceptors (Lipinski definition) is 3. The molecule has 116 valence electrons. The minimum atomic E-state index is 0.214. The Hall–Kier alpha value is -0.610. The van der Waals surface area contributed by atoms with Gasteiger partial charge in [-0.2, -0.15) is 0 Å². The van der Waals surface area contributed by atoms with Crippen molar-refractivity contribution in [2.24, 2.45) is 5.92 Å². The third-order valence-electron chi connectivity index (χ3n) is 4.86. The highest BCUT2D eigenvalue weighted by atomic mass is 16.2. The van der Waals surface area contributed by atoms with Crippen molar-refractivity contribution in [1.82, 2.24) is 15.1 Å². The van der Waals surface area contributed by atoms with E-state index in [4.69, 9.17) is 0 Å². The van der Waals surface area contributed by atoms with E-state index in [9.17, 15) is 4.79 Å². The van der Waals surface area contributed by atoms with Gasteiger partial charge in [0.25, 0.3) is 0 Å². The molecule has 4 heteroatoms. The Kier molecular flexibility index (Phi) is 5.44. The van der Waals surface area contributed by atoms with Crippen molar-refractivity contribution in [3.8, 4) is 0 Å². The van der Waals surface area contributed by atoms with Crippen molar-refractivity contribution < 1.29 is 4.79 Å². The maximum Gasteiger partial charge on any atom is 0.227 e. The summed E-state index contributed by atoms with van der Waals surface area (Å²) in [6, 6.07) is 1.34. The predicted octanol–water partition coefficient (Wildman–Crippen LogP) is 1.71. The van der Waals surface area contributed by atoms with E-state index in [0.717, 1.165) is 25.9 Å². The zero-order valence-electron chi connectivity index (χ0n) is 13.6. The molecule has 2 fully saturated rings. The standard InChI is InChI=1S/C16H31N3O/c1-12(2)17-14-7-5-6-8-15(14)19(4)16(20)13-9-10-18(3)11-13/h12-15,17H,5-11H2,1-4H3/t13-,14+,15+/m1/s1. The van der Waals surface area contributed by atoms with Crippen LogP contribution in [0, 0.1) is 5.92 Å². The molecule has 2 rings (SSSR count). The lowest BCUT2D eigenvalue weighted by atomic mass is 9.88. The first-order valence-electron chi connectivity index (χ1n) is 8.20. The van der Waals surface area contributed by atoms with Crippen LogP contribution in [0.2, 0.25) is 0 Å². The minimum absolute atomic E-state index is 0.214. The Labute approximate surface area is 123 Å². The summed E-state index contributed by atoms with van der Waals surface area (Å²) in [4.78, 5) is 17.0. The second kappa shape index (κ2) is 6.90. The molecule has 4 nitrogen and oxygen atoms in total. The molecule has 2 aliphatic rings. The van der Waals surface area contributed by atoms with E-state index in [0.29, 0.717) is 24.0 Å². The summed E-state index contributed by atoms with van der Waals surface area (Å²) in [5, 5.41) is 3.66. The van der Waals surface area contributed by atoms with E-state index in [1.54, 1.807) is 0 Å². The number of carbonyl (C=O) groups is 1. The van der Waals surface area contributed by atoms with Gasteiger partial charge in [0.1, 0.15) is 0 Å². The summed E-state index contributed by atoms with van der Waals surface area (Å²) in [5.74, 6) is 0.573. The number of likely N-dealkylation sites (N-methyl/N-ethyl adjacent to an activating group) is 1. The van der Waals surface area contributed by atoms with Gasteiger partial charge in [0.05, 0.1) is 5.92 Å². The molecule has 0 aromatic rings. The molecule has 0 unspecified atom stereocenters. The number of carbonyl (C=O) groups excluding carboxylic acids is 1. The second-order valence-electron chi connectivity index (χ2n) is 6.98. The van der Waals surface area contributed by atoms with Gasteiger partial charge < -0.3 is 15.1 Å². The molecule has 0 radical (unpaired) electrons. The van der Waals surface area contributed by atoms with Crippen LogP contribution in [0.5, 0.6) is 0 Å². The van der Waals surface area contributed by atoms with Crippen molar-refractivity contribution in [3.63, 3.8) is 0 Å². The van der Waals surface area contributed by atoms with Crippen LogP contribution in [0.15, 0.2) is 0 Å². The van der Waals surface area contributed by atoms with Gasteiger partial charge in [-0.3, -0.25) is 4.79 Å². The fourth-order valence-electron chi connectivity index (χ4n) is 3.79. The lowest BCUT2D eigenvalue weighted by Gasteiger charge is -2.40. The lowest BCUT2D eigenvalue weighted by Crippen LogP contribution is -2.55. The van der Waals surface area contributed by atoms with Crippen LogP contribution in [-0.2, 0) is 4.79 Å². The molecule has 1 heterocycles. The average molecular weight is 281 g/mol. The van der Waals surface area contributed by atoms with Gasteiger partial charge in [0, 0.05) is 31.7 Å². The van der Waals surface area contributed by atoms with Crippen LogP contribution in [0.25, 0.3) is 0 Å². The summed E-state index contributed by atoms with van der Waals surface area (Å²) in [6.45, 7) is 6.37. The van der Waals surface area contributed by atoms with E-state index in [2.05, 4.69) is 36.0 Å². The van der Waals surface area contributed by atoms with Gasteiger partial charge in [-0.25, -0.2) is 0 Å². The van der Waals surface area contributed by atoms with Gasteiger partial charge in [0.15, 0.2) is 0 Å². The van der Waals surface area contributed by atoms with Crippen molar-refractivity contribution >= 4 is 5.91 Å². The molecular formula is C16H31N3O. The number of amides is 1. The van der Waals surface area contributed by atoms with Crippen LogP contribution >= 0.6 is 0 Å². The topological polar surface area (TPSA) is 35.6 Å². The van der Waals surface area contributed by atoms with Crippen LogP contribution < -0.4 is 5.32 Å². The number of nitrogens with one attached hydrogen (secondary N) is 1. The molecule has 0 bridgehead atoms. The summed E-state index contributed by atoms with van der Waals surface area (Å²) >= 11 is 0. The third kappa shape index (κ3) is 3.73. The molecule has 1 aliphatic heterocycles. The quantitative estimate of drug-likeness (QED) is 0.852. The van der Waals surface area contributed by atoms with Gasteiger partial charge in [-0.1, -0.05) is 26.7 Å². The van der Waals surface area contributed by atoms with E-state index < -0.39 is 0 Å². The number of nitrogens with zero attached hydrogens (tertiary/aromatic N) is 2. The van der Waals surface area contributed by atoms with Crippen molar-refractivity contribution in [1.29, 1.82) is 0 Å². The third-order valence-corrected chi connectivity index (χ3v) is 4.86. The number of likely N-dealkylation sites (tertiary alicyclic amines) is 1. The Morgan fingerprint density at radius 3 is 2.55 bits per heavy atom. The zero-order chi connectivity index (χ0) is 14.7. The Balaban J connectivity index is 1.97. The molecule has 3 atom stereocenters. The molecule has 1 N–H and O–H groups in total. The lowest BCUT2D eigenvalue weighted by molar-refractivity contribution is -0.137. The summed E-state index contributed by atoms with van der Waals surface area (Å²) < 4.78 is 0. The summed E-state index contributed by atoms with van der Waals surface area (Å²) in [6.07, 6.45) is 5.91. The minimum Gasteiger partial charge on any atom is -0.341 e. The monoisotopic (exact) mass is 281 g/mol. The SMILES string of the molecule is CC(C)N[C@H]1CCCC[C@@H]1N(C)C(=O)[C@@H]1CCN(C)C1. The van der Waals surface area contributed by atoms with E-state index in [1.807, 2.05) is 7.05 Å². The van der Waals surface area contributed by atoms with Crippen LogP contribution in [0.3, 0.4) is 0 Å². The first-order chi connectivity index (χ1) is 9.49. The van der Waals surface area contributed by atoms with Gasteiger partial charge in [-0.15, -0.1) is 0 Å². The first-order valence-corrected chi connectivity index (χ1v) is 8.20. The van der Waals surface area contributed by atoms with Gasteiger partial charge in [-0.05, 0) is 32.9 Å². The Morgan fingerprint density at radius 2 is 1.95 bits per heavy atom. The summed E-state index contributed by atoms with van der Waals surface area (Å²) in [5.41, 5.74) is 0. The fraction of sp³-hybridized carbons (Fsp3) is 0.938. The summed E-state index contributed by atoms with van der Waals surface area (Å²) in [7, 11) is 4.13. The molecular weight excluding hydrogens is 250 g/mol. The molecule has 0 aromatic heterocycles. The molecule has 1 amide bonds. The van der Waals surface area contributed by atoms with Crippen LogP contribution in [0.1, 0.15) is 46.0 Å². The second-order valence-corrected chi connectivity index (χ2v) is 6.98.